The van der Waals surface area contributed by atoms with Gasteiger partial charge in [0.15, 0.2) is 5.13 Å². The van der Waals surface area contributed by atoms with Gasteiger partial charge >= 0.3 is 0 Å². The lowest BCUT2D eigenvalue weighted by Gasteiger charge is -2.36. The van der Waals surface area contributed by atoms with Crippen molar-refractivity contribution in [3.05, 3.63) is 45.4 Å². The summed E-state index contributed by atoms with van der Waals surface area (Å²) in [6.45, 7) is 3.79. The molecule has 1 fully saturated rings. The lowest BCUT2D eigenvalue weighted by atomic mass is 9.89. The van der Waals surface area contributed by atoms with Crippen LogP contribution in [0.2, 0.25) is 5.02 Å². The Hall–Kier alpha value is -2.45. The lowest BCUT2D eigenvalue weighted by Crippen LogP contribution is -2.51. The van der Waals surface area contributed by atoms with Crippen molar-refractivity contribution >= 4 is 45.8 Å². The molecule has 1 saturated heterocycles. The van der Waals surface area contributed by atoms with Crippen molar-refractivity contribution in [2.24, 2.45) is 0 Å². The van der Waals surface area contributed by atoms with E-state index >= 15 is 0 Å². The summed E-state index contributed by atoms with van der Waals surface area (Å²) in [5.74, 6) is -0.418. The maximum absolute atomic E-state index is 13.2. The number of amides is 3. The maximum Gasteiger partial charge on any atom is 0.257 e. The van der Waals surface area contributed by atoms with Gasteiger partial charge in [-0.3, -0.25) is 19.7 Å². The Morgan fingerprint density at radius 3 is 2.43 bits per heavy atom. The van der Waals surface area contributed by atoms with E-state index < -0.39 is 0 Å². The van der Waals surface area contributed by atoms with E-state index in [9.17, 15) is 14.4 Å². The van der Waals surface area contributed by atoms with E-state index in [0.717, 1.165) is 29.8 Å². The van der Waals surface area contributed by atoms with Crippen molar-refractivity contribution in [2.45, 2.75) is 32.1 Å². The summed E-state index contributed by atoms with van der Waals surface area (Å²) in [6, 6.07) is 6.67. The first-order valence-electron chi connectivity index (χ1n) is 10.0. The van der Waals surface area contributed by atoms with Gasteiger partial charge in [-0.05, 0) is 43.5 Å². The van der Waals surface area contributed by atoms with E-state index in [1.165, 1.54) is 11.3 Å². The average molecular weight is 447 g/mol. The number of aromatic nitrogens is 1. The zero-order chi connectivity index (χ0) is 21.3. The second kappa shape index (κ2) is 8.73. The molecule has 1 atom stereocenters. The highest BCUT2D eigenvalue weighted by molar-refractivity contribution is 7.16. The molecule has 1 aliphatic heterocycles. The second-order valence-electron chi connectivity index (χ2n) is 7.56. The topological polar surface area (TPSA) is 82.6 Å². The number of piperazine rings is 1. The molecule has 3 amide bonds. The fraction of sp³-hybridized carbons (Fsp3) is 0.429. The minimum Gasteiger partial charge on any atom is -0.339 e. The molecule has 0 bridgehead atoms. The molecule has 0 radical (unpaired) electrons. The number of hydrogen-bond donors (Lipinski definition) is 1. The van der Waals surface area contributed by atoms with Crippen LogP contribution in [-0.4, -0.2) is 58.7 Å². The van der Waals surface area contributed by atoms with Gasteiger partial charge in [0.2, 0.25) is 11.8 Å². The minimum atomic E-state index is -0.282. The van der Waals surface area contributed by atoms with E-state index in [0.29, 0.717) is 41.9 Å². The summed E-state index contributed by atoms with van der Waals surface area (Å²) < 4.78 is 0. The number of halogens is 1. The Labute approximate surface area is 184 Å². The third kappa shape index (κ3) is 4.34. The van der Waals surface area contributed by atoms with E-state index in [1.54, 1.807) is 36.1 Å². The van der Waals surface area contributed by atoms with Gasteiger partial charge in [0, 0.05) is 48.6 Å². The van der Waals surface area contributed by atoms with E-state index in [2.05, 4.69) is 10.3 Å². The van der Waals surface area contributed by atoms with Crippen LogP contribution in [0.25, 0.3) is 0 Å². The average Bonchev–Trinajstić information content (AvgIpc) is 3.16. The zero-order valence-corrected chi connectivity index (χ0v) is 18.3. The highest BCUT2D eigenvalue weighted by Gasteiger charge is 2.34. The summed E-state index contributed by atoms with van der Waals surface area (Å²) in [7, 11) is 0. The monoisotopic (exact) mass is 446 g/mol. The Bertz CT molecular complexity index is 967. The van der Waals surface area contributed by atoms with Crippen molar-refractivity contribution in [3.8, 4) is 0 Å². The minimum absolute atomic E-state index is 0.0441. The van der Waals surface area contributed by atoms with Gasteiger partial charge in [0.25, 0.3) is 5.91 Å². The van der Waals surface area contributed by atoms with Gasteiger partial charge < -0.3 is 9.80 Å². The van der Waals surface area contributed by atoms with Gasteiger partial charge in [-0.2, -0.15) is 0 Å². The maximum atomic E-state index is 13.2. The number of nitrogens with zero attached hydrogens (tertiary/aromatic N) is 3. The molecule has 2 aromatic rings. The van der Waals surface area contributed by atoms with Crippen LogP contribution >= 0.6 is 22.9 Å². The SMILES string of the molecule is CC(=O)N1CCN(C(=O)[C@H]2CCCc3sc(NC(=O)c4ccc(Cl)cc4)nc32)CC1. The van der Waals surface area contributed by atoms with Gasteiger partial charge in [0.1, 0.15) is 0 Å². The first-order chi connectivity index (χ1) is 14.4. The molecule has 30 heavy (non-hydrogen) atoms. The van der Waals surface area contributed by atoms with Crippen molar-refractivity contribution < 1.29 is 14.4 Å². The molecule has 1 aromatic heterocycles. The first kappa shape index (κ1) is 20.8. The highest BCUT2D eigenvalue weighted by Crippen LogP contribution is 2.38. The van der Waals surface area contributed by atoms with Gasteiger partial charge in [-0.1, -0.05) is 11.6 Å². The number of carbonyl (C=O) groups excluding carboxylic acids is 3. The van der Waals surface area contributed by atoms with Crippen molar-refractivity contribution in [1.82, 2.24) is 14.8 Å². The number of carbonyl (C=O) groups is 3. The molecule has 2 aliphatic rings. The number of nitrogens with one attached hydrogen (secondary N) is 1. The summed E-state index contributed by atoms with van der Waals surface area (Å²) in [4.78, 5) is 46.5. The molecule has 9 heteroatoms. The van der Waals surface area contributed by atoms with Crippen LogP contribution in [0.5, 0.6) is 0 Å². The van der Waals surface area contributed by atoms with Crippen molar-refractivity contribution in [3.63, 3.8) is 0 Å². The zero-order valence-electron chi connectivity index (χ0n) is 16.7. The number of fused-ring (bicyclic) bond motifs is 1. The lowest BCUT2D eigenvalue weighted by molar-refractivity contribution is -0.139. The molecule has 0 spiro atoms. The summed E-state index contributed by atoms with van der Waals surface area (Å²) in [6.07, 6.45) is 2.54. The van der Waals surface area contributed by atoms with Crippen molar-refractivity contribution in [1.29, 1.82) is 0 Å². The molecular formula is C21H23ClN4O3S. The molecule has 7 nitrogen and oxygen atoms in total. The number of hydrogen-bond acceptors (Lipinski definition) is 5. The Balaban J connectivity index is 1.46. The number of thiazole rings is 1. The normalized spacial score (nSPS) is 18.7. The van der Waals surface area contributed by atoms with Crippen LogP contribution in [-0.2, 0) is 16.0 Å². The van der Waals surface area contributed by atoms with Gasteiger partial charge in [-0.25, -0.2) is 4.98 Å². The third-order valence-electron chi connectivity index (χ3n) is 5.62. The Morgan fingerprint density at radius 1 is 1.10 bits per heavy atom. The van der Waals surface area contributed by atoms with Gasteiger partial charge in [0.05, 0.1) is 11.6 Å². The van der Waals surface area contributed by atoms with E-state index in [1.807, 2.05) is 4.90 Å². The quantitative estimate of drug-likeness (QED) is 0.785. The van der Waals surface area contributed by atoms with Crippen LogP contribution in [0.15, 0.2) is 24.3 Å². The van der Waals surface area contributed by atoms with Gasteiger partial charge in [-0.15, -0.1) is 11.3 Å². The van der Waals surface area contributed by atoms with Crippen LogP contribution in [0.1, 0.15) is 46.6 Å². The van der Waals surface area contributed by atoms with Crippen LogP contribution in [0.4, 0.5) is 5.13 Å². The van der Waals surface area contributed by atoms with Crippen LogP contribution in [0, 0.1) is 0 Å². The number of aryl methyl sites for hydroxylation is 1. The molecule has 1 aromatic carbocycles. The molecule has 1 N–H and O–H groups in total. The molecule has 158 valence electrons. The second-order valence-corrected chi connectivity index (χ2v) is 9.08. The molecule has 4 rings (SSSR count). The number of anilines is 1. The highest BCUT2D eigenvalue weighted by atomic mass is 35.5. The molecule has 1 aliphatic carbocycles. The van der Waals surface area contributed by atoms with Crippen LogP contribution < -0.4 is 5.32 Å². The Morgan fingerprint density at radius 2 is 1.77 bits per heavy atom. The predicted molar refractivity (Wildman–Crippen MR) is 116 cm³/mol. The number of rotatable bonds is 3. The fourth-order valence-corrected chi connectivity index (χ4v) is 5.13. The standard InChI is InChI=1S/C21H23ClN4O3S/c1-13(27)25-9-11-26(12-10-25)20(29)16-3-2-4-17-18(16)23-21(30-17)24-19(28)14-5-7-15(22)8-6-14/h5-8,16H,2-4,9-12H2,1H3,(H,23,24,28)/t16-/m0/s1. The summed E-state index contributed by atoms with van der Waals surface area (Å²) in [5.41, 5.74) is 1.29. The van der Waals surface area contributed by atoms with E-state index in [-0.39, 0.29) is 23.6 Å². The smallest absolute Gasteiger partial charge is 0.257 e. The predicted octanol–water partition coefficient (Wildman–Crippen LogP) is 3.16. The fourth-order valence-electron chi connectivity index (χ4n) is 3.94. The summed E-state index contributed by atoms with van der Waals surface area (Å²) >= 11 is 7.32. The molecule has 2 heterocycles. The molecule has 0 unspecified atom stereocenters. The summed E-state index contributed by atoms with van der Waals surface area (Å²) in [5, 5.41) is 3.93. The molecule has 0 saturated carbocycles. The third-order valence-corrected chi connectivity index (χ3v) is 6.91. The first-order valence-corrected chi connectivity index (χ1v) is 11.2. The van der Waals surface area contributed by atoms with E-state index in [4.69, 9.17) is 11.6 Å². The van der Waals surface area contributed by atoms with Crippen LogP contribution in [0.3, 0.4) is 0 Å². The molecular weight excluding hydrogens is 424 g/mol. The largest absolute Gasteiger partial charge is 0.339 e. The Kier molecular flexibility index (Phi) is 6.06. The van der Waals surface area contributed by atoms with Crippen molar-refractivity contribution in [2.75, 3.05) is 31.5 Å². The number of benzene rings is 1.